The van der Waals surface area contributed by atoms with Gasteiger partial charge in [-0.3, -0.25) is 4.79 Å². The van der Waals surface area contributed by atoms with E-state index in [-0.39, 0.29) is 11.7 Å². The Morgan fingerprint density at radius 3 is 2.95 bits per heavy atom. The molecule has 1 unspecified atom stereocenters. The van der Waals surface area contributed by atoms with Crippen molar-refractivity contribution in [2.24, 2.45) is 0 Å². The Morgan fingerprint density at radius 2 is 2.14 bits per heavy atom. The SMILES string of the molecule is COc1ccc(Br)cc1CC(=O)C1CSc2ccccc21. The van der Waals surface area contributed by atoms with E-state index >= 15 is 0 Å². The minimum absolute atomic E-state index is 0.00473. The summed E-state index contributed by atoms with van der Waals surface area (Å²) in [6.45, 7) is 0. The maximum absolute atomic E-state index is 12.7. The number of ether oxygens (including phenoxy) is 1. The Morgan fingerprint density at radius 1 is 1.33 bits per heavy atom. The number of carbonyl (C=O) groups is 1. The van der Waals surface area contributed by atoms with Gasteiger partial charge in [0, 0.05) is 27.1 Å². The number of thioether (sulfide) groups is 1. The molecule has 21 heavy (non-hydrogen) atoms. The molecule has 2 aromatic carbocycles. The van der Waals surface area contributed by atoms with E-state index in [9.17, 15) is 4.79 Å². The molecule has 0 fully saturated rings. The molecule has 0 saturated heterocycles. The molecular weight excluding hydrogens is 348 g/mol. The highest BCUT2D eigenvalue weighted by Gasteiger charge is 2.29. The monoisotopic (exact) mass is 362 g/mol. The van der Waals surface area contributed by atoms with Crippen molar-refractivity contribution >= 4 is 33.5 Å². The van der Waals surface area contributed by atoms with Gasteiger partial charge in [0.05, 0.1) is 13.0 Å². The summed E-state index contributed by atoms with van der Waals surface area (Å²) in [6.07, 6.45) is 0.405. The first-order chi connectivity index (χ1) is 10.2. The Kier molecular flexibility index (Phi) is 4.36. The van der Waals surface area contributed by atoms with E-state index in [1.54, 1.807) is 18.9 Å². The molecule has 4 heteroatoms. The third-order valence-corrected chi connectivity index (χ3v) is 5.37. The van der Waals surface area contributed by atoms with Gasteiger partial charge in [-0.1, -0.05) is 34.1 Å². The van der Waals surface area contributed by atoms with Crippen LogP contribution in [-0.4, -0.2) is 18.6 Å². The zero-order chi connectivity index (χ0) is 14.8. The number of Topliss-reactive ketones (excluding diaryl/α,β-unsaturated/α-hetero) is 1. The Balaban J connectivity index is 1.83. The molecule has 2 nitrogen and oxygen atoms in total. The Hall–Kier alpha value is -1.26. The summed E-state index contributed by atoms with van der Waals surface area (Å²) in [5.74, 6) is 1.86. The second-order valence-corrected chi connectivity index (χ2v) is 6.98. The molecule has 0 radical (unpaired) electrons. The zero-order valence-corrected chi connectivity index (χ0v) is 14.0. The summed E-state index contributed by atoms with van der Waals surface area (Å²) in [5.41, 5.74) is 2.10. The number of fused-ring (bicyclic) bond motifs is 1. The molecule has 108 valence electrons. The van der Waals surface area contributed by atoms with Crippen molar-refractivity contribution < 1.29 is 9.53 Å². The molecule has 0 amide bonds. The molecule has 0 spiro atoms. The van der Waals surface area contributed by atoms with Crippen LogP contribution in [0.25, 0.3) is 0 Å². The van der Waals surface area contributed by atoms with Crippen LogP contribution in [0.1, 0.15) is 17.0 Å². The van der Waals surface area contributed by atoms with Gasteiger partial charge in [-0.2, -0.15) is 0 Å². The van der Waals surface area contributed by atoms with Crippen molar-refractivity contribution in [3.8, 4) is 5.75 Å². The van der Waals surface area contributed by atoms with Crippen LogP contribution in [-0.2, 0) is 11.2 Å². The maximum atomic E-state index is 12.7. The van der Waals surface area contributed by atoms with Gasteiger partial charge in [0.1, 0.15) is 11.5 Å². The molecular formula is C17H15BrO2S. The quantitative estimate of drug-likeness (QED) is 0.802. The van der Waals surface area contributed by atoms with Crippen LogP contribution in [0, 0.1) is 0 Å². The fraction of sp³-hybridized carbons (Fsp3) is 0.235. The molecule has 2 aromatic rings. The van der Waals surface area contributed by atoms with Gasteiger partial charge >= 0.3 is 0 Å². The lowest BCUT2D eigenvalue weighted by atomic mass is 9.92. The molecule has 0 saturated carbocycles. The summed E-state index contributed by atoms with van der Waals surface area (Å²) in [5, 5.41) is 0. The number of benzene rings is 2. The van der Waals surface area contributed by atoms with Crippen molar-refractivity contribution in [3.05, 3.63) is 58.1 Å². The van der Waals surface area contributed by atoms with E-state index in [4.69, 9.17) is 4.74 Å². The van der Waals surface area contributed by atoms with Crippen molar-refractivity contribution in [1.82, 2.24) is 0 Å². The first-order valence-corrected chi connectivity index (χ1v) is 8.53. The lowest BCUT2D eigenvalue weighted by molar-refractivity contribution is -0.119. The molecule has 3 rings (SSSR count). The third kappa shape index (κ3) is 3.01. The van der Waals surface area contributed by atoms with Crippen LogP contribution in [0.3, 0.4) is 0 Å². The number of hydrogen-bond acceptors (Lipinski definition) is 3. The number of halogens is 1. The van der Waals surface area contributed by atoms with Gasteiger partial charge in [0.25, 0.3) is 0 Å². The number of rotatable bonds is 4. The lowest BCUT2D eigenvalue weighted by Gasteiger charge is -2.12. The molecule has 1 atom stereocenters. The largest absolute Gasteiger partial charge is 0.496 e. The van der Waals surface area contributed by atoms with Gasteiger partial charge < -0.3 is 4.74 Å². The third-order valence-electron chi connectivity index (χ3n) is 3.70. The molecule has 1 heterocycles. The zero-order valence-electron chi connectivity index (χ0n) is 11.6. The number of methoxy groups -OCH3 is 1. The first kappa shape index (κ1) is 14.7. The van der Waals surface area contributed by atoms with Crippen molar-refractivity contribution in [2.45, 2.75) is 17.2 Å². The average Bonchev–Trinajstić information content (AvgIpc) is 2.91. The summed E-state index contributed by atoms with van der Waals surface area (Å²) in [4.78, 5) is 13.9. The van der Waals surface area contributed by atoms with Crippen molar-refractivity contribution in [1.29, 1.82) is 0 Å². The van der Waals surface area contributed by atoms with Gasteiger partial charge in [0.2, 0.25) is 0 Å². The van der Waals surface area contributed by atoms with Crippen LogP contribution in [0.15, 0.2) is 51.8 Å². The standard InChI is InChI=1S/C17H15BrO2S/c1-20-16-7-6-12(18)8-11(16)9-15(19)14-10-21-17-5-3-2-4-13(14)17/h2-8,14H,9-10H2,1H3. The van der Waals surface area contributed by atoms with Gasteiger partial charge in [-0.15, -0.1) is 11.8 Å². The summed E-state index contributed by atoms with van der Waals surface area (Å²) < 4.78 is 6.32. The minimum Gasteiger partial charge on any atom is -0.496 e. The first-order valence-electron chi connectivity index (χ1n) is 6.76. The highest BCUT2D eigenvalue weighted by molar-refractivity contribution is 9.10. The number of carbonyl (C=O) groups excluding carboxylic acids is 1. The van der Waals surface area contributed by atoms with Gasteiger partial charge in [-0.05, 0) is 29.8 Å². The van der Waals surface area contributed by atoms with Crippen molar-refractivity contribution in [2.75, 3.05) is 12.9 Å². The molecule has 0 aliphatic carbocycles. The van der Waals surface area contributed by atoms with Crippen LogP contribution in [0.5, 0.6) is 5.75 Å². The fourth-order valence-electron chi connectivity index (χ4n) is 2.63. The van der Waals surface area contributed by atoms with Crippen LogP contribution >= 0.6 is 27.7 Å². The highest BCUT2D eigenvalue weighted by atomic mass is 79.9. The van der Waals surface area contributed by atoms with Gasteiger partial charge in [0.15, 0.2) is 0 Å². The summed E-state index contributed by atoms with van der Waals surface area (Å²) in [6, 6.07) is 14.0. The summed E-state index contributed by atoms with van der Waals surface area (Å²) in [7, 11) is 1.64. The number of ketones is 1. The van der Waals surface area contributed by atoms with E-state index in [1.807, 2.05) is 30.3 Å². The van der Waals surface area contributed by atoms with Crippen LogP contribution in [0.4, 0.5) is 0 Å². The topological polar surface area (TPSA) is 26.3 Å². The van der Waals surface area contributed by atoms with E-state index < -0.39 is 0 Å². The van der Waals surface area contributed by atoms with E-state index in [0.717, 1.165) is 21.5 Å². The smallest absolute Gasteiger partial charge is 0.145 e. The molecule has 0 bridgehead atoms. The predicted molar refractivity (Wildman–Crippen MR) is 89.3 cm³/mol. The minimum atomic E-state index is -0.00473. The van der Waals surface area contributed by atoms with E-state index in [2.05, 4.69) is 28.1 Å². The number of hydrogen-bond donors (Lipinski definition) is 0. The summed E-state index contributed by atoms with van der Waals surface area (Å²) >= 11 is 5.22. The fourth-order valence-corrected chi connectivity index (χ4v) is 4.30. The molecule has 0 N–H and O–H groups in total. The van der Waals surface area contributed by atoms with E-state index in [1.165, 1.54) is 10.5 Å². The molecule has 1 aliphatic heterocycles. The molecule has 0 aromatic heterocycles. The normalized spacial score (nSPS) is 16.6. The second-order valence-electron chi connectivity index (χ2n) is 5.00. The Bertz CT molecular complexity index is 684. The Labute approximate surface area is 137 Å². The lowest BCUT2D eigenvalue weighted by Crippen LogP contribution is -2.15. The van der Waals surface area contributed by atoms with Crippen LogP contribution in [0.2, 0.25) is 0 Å². The van der Waals surface area contributed by atoms with Crippen LogP contribution < -0.4 is 4.74 Å². The van der Waals surface area contributed by atoms with Gasteiger partial charge in [-0.25, -0.2) is 0 Å². The molecule has 1 aliphatic rings. The van der Waals surface area contributed by atoms with E-state index in [0.29, 0.717) is 6.42 Å². The van der Waals surface area contributed by atoms with Crippen molar-refractivity contribution in [3.63, 3.8) is 0 Å². The highest BCUT2D eigenvalue weighted by Crippen LogP contribution is 2.40. The maximum Gasteiger partial charge on any atom is 0.145 e. The average molecular weight is 363 g/mol. The second kappa shape index (κ2) is 6.24. The predicted octanol–water partition coefficient (Wildman–Crippen LogP) is 4.46.